The predicted octanol–water partition coefficient (Wildman–Crippen LogP) is 7.78. The van der Waals surface area contributed by atoms with E-state index in [1.165, 1.54) is 12.5 Å². The molecule has 0 bridgehead atoms. The van der Waals surface area contributed by atoms with E-state index in [9.17, 15) is 13.6 Å². The van der Waals surface area contributed by atoms with Gasteiger partial charge in [-0.1, -0.05) is 58.6 Å². The van der Waals surface area contributed by atoms with Crippen molar-refractivity contribution in [3.63, 3.8) is 0 Å². The fourth-order valence-electron chi connectivity index (χ4n) is 3.54. The van der Waals surface area contributed by atoms with Crippen LogP contribution < -0.4 is 10.1 Å². The molecule has 1 N–H and O–H groups in total. The second-order valence-electron chi connectivity index (χ2n) is 8.92. The van der Waals surface area contributed by atoms with Gasteiger partial charge in [0, 0.05) is 19.2 Å². The molecular formula is C27H38F2N2O2. The number of halogens is 2. The van der Waals surface area contributed by atoms with E-state index in [2.05, 4.69) is 26.1 Å². The van der Waals surface area contributed by atoms with Gasteiger partial charge in [-0.15, -0.1) is 0 Å². The van der Waals surface area contributed by atoms with Crippen molar-refractivity contribution in [1.29, 1.82) is 0 Å². The first-order valence-electron chi connectivity index (χ1n) is 12.1. The minimum atomic E-state index is -0.787. The fraction of sp³-hybridized carbons (Fsp3) is 0.519. The molecule has 0 saturated carbocycles. The summed E-state index contributed by atoms with van der Waals surface area (Å²) in [7, 11) is 0. The van der Waals surface area contributed by atoms with Crippen LogP contribution in [0.1, 0.15) is 71.3 Å². The van der Waals surface area contributed by atoms with Gasteiger partial charge in [0.05, 0.1) is 12.3 Å². The van der Waals surface area contributed by atoms with Gasteiger partial charge in [-0.25, -0.2) is 13.6 Å². The minimum Gasteiger partial charge on any atom is -0.494 e. The number of nitrogens with one attached hydrogen (secondary N) is 1. The van der Waals surface area contributed by atoms with Gasteiger partial charge >= 0.3 is 6.03 Å². The van der Waals surface area contributed by atoms with Gasteiger partial charge in [-0.3, -0.25) is 0 Å². The standard InChI is InChI=1S/C27H38F2N2O2/c1-4-5-6-7-8-17-31(27(32)30-26-16-13-23(28)19-25(26)29)20-22-11-14-24(15-12-22)33-18-9-10-21(2)3/h11-16,19,21H,4-10,17-18,20H2,1-3H3,(H,30,32). The van der Waals surface area contributed by atoms with Crippen LogP contribution in [-0.2, 0) is 6.54 Å². The number of benzene rings is 2. The second-order valence-corrected chi connectivity index (χ2v) is 8.92. The van der Waals surface area contributed by atoms with Gasteiger partial charge in [0.1, 0.15) is 17.4 Å². The molecule has 0 spiro atoms. The van der Waals surface area contributed by atoms with Crippen LogP contribution >= 0.6 is 0 Å². The highest BCUT2D eigenvalue weighted by molar-refractivity contribution is 5.89. The molecule has 0 atom stereocenters. The molecule has 2 amide bonds. The summed E-state index contributed by atoms with van der Waals surface area (Å²) in [6, 6.07) is 10.5. The second kappa shape index (κ2) is 14.5. The van der Waals surface area contributed by atoms with Crippen LogP contribution in [-0.4, -0.2) is 24.1 Å². The molecule has 0 aliphatic carbocycles. The average Bonchev–Trinajstić information content (AvgIpc) is 2.78. The van der Waals surface area contributed by atoms with Crippen LogP contribution in [0, 0.1) is 17.6 Å². The number of unbranched alkanes of at least 4 members (excludes halogenated alkanes) is 4. The molecule has 6 heteroatoms. The molecule has 0 fully saturated rings. The van der Waals surface area contributed by atoms with E-state index < -0.39 is 17.7 Å². The summed E-state index contributed by atoms with van der Waals surface area (Å²) < 4.78 is 33.0. The highest BCUT2D eigenvalue weighted by Gasteiger charge is 2.16. The van der Waals surface area contributed by atoms with Gasteiger partial charge in [0.2, 0.25) is 0 Å². The molecule has 0 aromatic heterocycles. The normalized spacial score (nSPS) is 11.0. The molecule has 0 saturated heterocycles. The van der Waals surface area contributed by atoms with Crippen molar-refractivity contribution in [2.75, 3.05) is 18.5 Å². The van der Waals surface area contributed by atoms with Gasteiger partial charge in [0.15, 0.2) is 0 Å². The number of urea groups is 1. The predicted molar refractivity (Wildman–Crippen MR) is 131 cm³/mol. The van der Waals surface area contributed by atoms with Gasteiger partial charge in [0.25, 0.3) is 0 Å². The lowest BCUT2D eigenvalue weighted by molar-refractivity contribution is 0.207. The molecule has 182 valence electrons. The summed E-state index contributed by atoms with van der Waals surface area (Å²) >= 11 is 0. The monoisotopic (exact) mass is 460 g/mol. The number of hydrogen-bond acceptors (Lipinski definition) is 2. The first-order chi connectivity index (χ1) is 15.9. The molecular weight excluding hydrogens is 422 g/mol. The van der Waals surface area contributed by atoms with Crippen LogP contribution in [0.5, 0.6) is 5.75 Å². The highest BCUT2D eigenvalue weighted by atomic mass is 19.1. The van der Waals surface area contributed by atoms with Gasteiger partial charge in [-0.2, -0.15) is 0 Å². The van der Waals surface area contributed by atoms with Crippen molar-refractivity contribution in [2.45, 2.75) is 72.3 Å². The van der Waals surface area contributed by atoms with E-state index >= 15 is 0 Å². The van der Waals surface area contributed by atoms with Crippen LogP contribution in [0.4, 0.5) is 19.3 Å². The van der Waals surface area contributed by atoms with Crippen molar-refractivity contribution >= 4 is 11.7 Å². The van der Waals surface area contributed by atoms with E-state index in [1.54, 1.807) is 4.90 Å². The Morgan fingerprint density at radius 1 is 1.00 bits per heavy atom. The number of rotatable bonds is 14. The SMILES string of the molecule is CCCCCCCN(Cc1ccc(OCCCC(C)C)cc1)C(=O)Nc1ccc(F)cc1F. The summed E-state index contributed by atoms with van der Waals surface area (Å²) in [5, 5.41) is 2.59. The first-order valence-corrected chi connectivity index (χ1v) is 12.1. The number of anilines is 1. The molecule has 33 heavy (non-hydrogen) atoms. The fourth-order valence-corrected chi connectivity index (χ4v) is 3.54. The van der Waals surface area contributed by atoms with Crippen LogP contribution in [0.15, 0.2) is 42.5 Å². The third-order valence-electron chi connectivity index (χ3n) is 5.48. The van der Waals surface area contributed by atoms with Gasteiger partial charge < -0.3 is 15.0 Å². The molecule has 2 rings (SSSR count). The lowest BCUT2D eigenvalue weighted by Gasteiger charge is -2.24. The van der Waals surface area contributed by atoms with Crippen LogP contribution in [0.3, 0.4) is 0 Å². The summed E-state index contributed by atoms with van der Waals surface area (Å²) in [5.41, 5.74) is 0.940. The van der Waals surface area contributed by atoms with E-state index in [4.69, 9.17) is 4.74 Å². The Balaban J connectivity index is 1.98. The lowest BCUT2D eigenvalue weighted by atomic mass is 10.1. The Morgan fingerprint density at radius 3 is 2.39 bits per heavy atom. The zero-order valence-electron chi connectivity index (χ0n) is 20.2. The molecule has 2 aromatic carbocycles. The van der Waals surface area contributed by atoms with E-state index in [1.807, 2.05) is 24.3 Å². The van der Waals surface area contributed by atoms with Gasteiger partial charge in [-0.05, 0) is 55.0 Å². The Bertz CT molecular complexity index is 841. The van der Waals surface area contributed by atoms with Crippen molar-refractivity contribution in [1.82, 2.24) is 4.90 Å². The Morgan fingerprint density at radius 2 is 1.73 bits per heavy atom. The topological polar surface area (TPSA) is 41.6 Å². The maximum absolute atomic E-state index is 14.0. The van der Waals surface area contributed by atoms with Crippen molar-refractivity contribution < 1.29 is 18.3 Å². The minimum absolute atomic E-state index is 0.0254. The largest absolute Gasteiger partial charge is 0.494 e. The van der Waals surface area contributed by atoms with E-state index in [0.717, 1.165) is 62.0 Å². The Hall–Kier alpha value is -2.63. The molecule has 0 aliphatic heterocycles. The summed E-state index contributed by atoms with van der Waals surface area (Å²) in [6.45, 7) is 8.21. The maximum atomic E-state index is 14.0. The zero-order valence-corrected chi connectivity index (χ0v) is 20.2. The van der Waals surface area contributed by atoms with E-state index in [0.29, 0.717) is 25.6 Å². The van der Waals surface area contributed by atoms with Crippen LogP contribution in [0.25, 0.3) is 0 Å². The highest BCUT2D eigenvalue weighted by Crippen LogP contribution is 2.19. The number of carbonyl (C=O) groups is 1. The molecule has 0 radical (unpaired) electrons. The number of amides is 2. The zero-order chi connectivity index (χ0) is 24.1. The third kappa shape index (κ3) is 10.2. The number of nitrogens with zero attached hydrogens (tertiary/aromatic N) is 1. The van der Waals surface area contributed by atoms with Crippen molar-refractivity contribution in [3.05, 3.63) is 59.7 Å². The molecule has 0 aliphatic rings. The van der Waals surface area contributed by atoms with Crippen molar-refractivity contribution in [3.8, 4) is 5.75 Å². The summed E-state index contributed by atoms with van der Waals surface area (Å²) in [5.74, 6) is 0.0138. The molecule has 2 aromatic rings. The molecule has 0 heterocycles. The molecule has 4 nitrogen and oxygen atoms in total. The lowest BCUT2D eigenvalue weighted by Crippen LogP contribution is -2.35. The number of carbonyl (C=O) groups excluding carboxylic acids is 1. The Labute approximate surface area is 197 Å². The third-order valence-corrected chi connectivity index (χ3v) is 5.48. The smallest absolute Gasteiger partial charge is 0.322 e. The van der Waals surface area contributed by atoms with E-state index in [-0.39, 0.29) is 5.69 Å². The maximum Gasteiger partial charge on any atom is 0.322 e. The average molecular weight is 461 g/mol. The Kier molecular flexibility index (Phi) is 11.7. The molecule has 0 unspecified atom stereocenters. The number of ether oxygens (including phenoxy) is 1. The van der Waals surface area contributed by atoms with Crippen LogP contribution in [0.2, 0.25) is 0 Å². The number of hydrogen-bond donors (Lipinski definition) is 1. The summed E-state index contributed by atoms with van der Waals surface area (Å²) in [4.78, 5) is 14.6. The van der Waals surface area contributed by atoms with Crippen molar-refractivity contribution in [2.24, 2.45) is 5.92 Å². The summed E-state index contributed by atoms with van der Waals surface area (Å²) in [6.07, 6.45) is 7.51. The quantitative estimate of drug-likeness (QED) is 0.292. The first kappa shape index (κ1) is 26.6.